The van der Waals surface area contributed by atoms with Crippen molar-refractivity contribution in [2.45, 2.75) is 39.9 Å². The van der Waals surface area contributed by atoms with Gasteiger partial charge in [-0.15, -0.1) is 0 Å². The maximum absolute atomic E-state index is 14.4. The van der Waals surface area contributed by atoms with Crippen molar-refractivity contribution in [3.05, 3.63) is 106 Å². The number of anilines is 1. The van der Waals surface area contributed by atoms with Gasteiger partial charge in [-0.25, -0.2) is 0 Å². The lowest BCUT2D eigenvalue weighted by Crippen LogP contribution is -2.51. The molecule has 4 aromatic rings. The number of rotatable bonds is 5. The van der Waals surface area contributed by atoms with Gasteiger partial charge in [0.2, 0.25) is 0 Å². The minimum atomic E-state index is -0.207. The van der Waals surface area contributed by atoms with Gasteiger partial charge in [0, 0.05) is 59.8 Å². The Morgan fingerprint density at radius 2 is 1.56 bits per heavy atom. The number of carbonyl (C=O) groups is 2. The van der Waals surface area contributed by atoms with E-state index >= 15 is 0 Å². The lowest BCUT2D eigenvalue weighted by molar-refractivity contribution is 0.0585. The summed E-state index contributed by atoms with van der Waals surface area (Å²) < 4.78 is 7.92. The van der Waals surface area contributed by atoms with E-state index in [-0.39, 0.29) is 11.8 Å². The molecule has 2 aliphatic rings. The van der Waals surface area contributed by atoms with Gasteiger partial charge < -0.3 is 19.1 Å². The van der Waals surface area contributed by atoms with Crippen LogP contribution in [0, 0.1) is 6.92 Å². The molecule has 43 heavy (non-hydrogen) atoms. The van der Waals surface area contributed by atoms with Gasteiger partial charge in [-0.2, -0.15) is 0 Å². The number of benzene rings is 3. The molecule has 8 heteroatoms. The number of para-hydroxylation sites is 1. The van der Waals surface area contributed by atoms with Crippen LogP contribution >= 0.6 is 11.6 Å². The fourth-order valence-corrected chi connectivity index (χ4v) is 6.78. The number of amides is 2. The van der Waals surface area contributed by atoms with Crippen LogP contribution in [-0.4, -0.2) is 65.5 Å². The highest BCUT2D eigenvalue weighted by molar-refractivity contribution is 6.34. The summed E-state index contributed by atoms with van der Waals surface area (Å²) in [5.41, 5.74) is 6.34. The molecule has 0 N–H and O–H groups in total. The van der Waals surface area contributed by atoms with Gasteiger partial charge in [-0.05, 0) is 56.2 Å². The van der Waals surface area contributed by atoms with Gasteiger partial charge in [-0.3, -0.25) is 14.5 Å². The van der Waals surface area contributed by atoms with E-state index in [4.69, 9.17) is 16.3 Å². The minimum Gasteiger partial charge on any atom is -0.496 e. The first-order chi connectivity index (χ1) is 20.8. The molecule has 1 saturated heterocycles. The molecule has 2 aliphatic heterocycles. The highest BCUT2D eigenvalue weighted by Gasteiger charge is 2.32. The number of hydrogen-bond acceptors (Lipinski definition) is 4. The molecular formula is C35H37ClN4O3. The average Bonchev–Trinajstić information content (AvgIpc) is 3.33. The molecule has 3 heterocycles. The number of aromatic nitrogens is 1. The third kappa shape index (κ3) is 5.32. The molecule has 0 aliphatic carbocycles. The van der Waals surface area contributed by atoms with Gasteiger partial charge in [0.1, 0.15) is 11.4 Å². The van der Waals surface area contributed by atoms with E-state index in [1.807, 2.05) is 78.6 Å². The Morgan fingerprint density at radius 1 is 0.860 bits per heavy atom. The van der Waals surface area contributed by atoms with Crippen LogP contribution in [-0.2, 0) is 13.1 Å². The summed E-state index contributed by atoms with van der Waals surface area (Å²) in [5, 5.41) is 0.491. The summed E-state index contributed by atoms with van der Waals surface area (Å²) in [4.78, 5) is 34.3. The van der Waals surface area contributed by atoms with Crippen molar-refractivity contribution >= 4 is 29.1 Å². The van der Waals surface area contributed by atoms with Crippen LogP contribution in [0.5, 0.6) is 5.75 Å². The molecular weight excluding hydrogens is 560 g/mol. The molecule has 3 aromatic carbocycles. The number of methoxy groups -OCH3 is 1. The average molecular weight is 597 g/mol. The molecule has 0 saturated carbocycles. The standard InChI is InChI=1S/C35H37ClN4O3/c1-23(2)37-16-18-38(19-17-37)35(42)31-15-14-27-22-40(30-13-9-8-12-26(30)21-39(27)31)34(41)28-20-29(36)32(24(3)33(28)43-4)25-10-6-5-7-11-25/h5-15,20,23H,16-19,21-22H2,1-4H3. The number of ether oxygens (including phenoxy) is 1. The number of fused-ring (bicyclic) bond motifs is 2. The van der Waals surface area contributed by atoms with Gasteiger partial charge in [0.15, 0.2) is 0 Å². The molecule has 6 rings (SSSR count). The van der Waals surface area contributed by atoms with Crippen LogP contribution in [0.1, 0.15) is 51.5 Å². The Hall–Kier alpha value is -4.07. The molecule has 0 spiro atoms. The second kappa shape index (κ2) is 11.9. The predicted molar refractivity (Wildman–Crippen MR) is 171 cm³/mol. The van der Waals surface area contributed by atoms with Gasteiger partial charge in [0.05, 0.1) is 25.8 Å². The largest absolute Gasteiger partial charge is 0.496 e. The molecule has 0 atom stereocenters. The van der Waals surface area contributed by atoms with Crippen LogP contribution in [0.25, 0.3) is 11.1 Å². The first-order valence-electron chi connectivity index (χ1n) is 14.8. The van der Waals surface area contributed by atoms with Gasteiger partial charge in [0.25, 0.3) is 11.8 Å². The zero-order chi connectivity index (χ0) is 30.2. The van der Waals surface area contributed by atoms with Crippen molar-refractivity contribution in [1.29, 1.82) is 0 Å². The number of nitrogens with zero attached hydrogens (tertiary/aromatic N) is 4. The van der Waals surface area contributed by atoms with E-state index in [1.54, 1.807) is 18.1 Å². The molecule has 0 radical (unpaired) electrons. The van der Waals surface area contributed by atoms with Crippen LogP contribution in [0.3, 0.4) is 0 Å². The first-order valence-corrected chi connectivity index (χ1v) is 15.2. The zero-order valence-electron chi connectivity index (χ0n) is 25.1. The van der Waals surface area contributed by atoms with Crippen LogP contribution in [0.2, 0.25) is 5.02 Å². The molecule has 222 valence electrons. The fraction of sp³-hybridized carbons (Fsp3) is 0.314. The molecule has 2 amide bonds. The zero-order valence-corrected chi connectivity index (χ0v) is 25.9. The Morgan fingerprint density at radius 3 is 2.26 bits per heavy atom. The predicted octanol–water partition coefficient (Wildman–Crippen LogP) is 6.50. The summed E-state index contributed by atoms with van der Waals surface area (Å²) in [7, 11) is 1.59. The van der Waals surface area contributed by atoms with Crippen LogP contribution in [0.15, 0.2) is 72.8 Å². The molecule has 1 aromatic heterocycles. The summed E-state index contributed by atoms with van der Waals surface area (Å²) in [6.45, 7) is 10.3. The summed E-state index contributed by atoms with van der Waals surface area (Å²) in [6, 6.07) is 23.8. The van der Waals surface area contributed by atoms with E-state index in [9.17, 15) is 9.59 Å². The second-order valence-corrected chi connectivity index (χ2v) is 12.0. The van der Waals surface area contributed by atoms with E-state index in [0.29, 0.717) is 54.3 Å². The van der Waals surface area contributed by atoms with E-state index in [0.717, 1.165) is 46.7 Å². The SMILES string of the molecule is COc1c(C(=O)N2Cc3ccc(C(=O)N4CCN(C(C)C)CC4)n3Cc3ccccc32)cc(Cl)c(-c2ccccc2)c1C. The summed E-state index contributed by atoms with van der Waals surface area (Å²) >= 11 is 6.86. The van der Waals surface area contributed by atoms with Gasteiger partial charge in [-0.1, -0.05) is 60.1 Å². The number of carbonyl (C=O) groups excluding carboxylic acids is 2. The van der Waals surface area contributed by atoms with Crippen LogP contribution < -0.4 is 9.64 Å². The van der Waals surface area contributed by atoms with E-state index < -0.39 is 0 Å². The maximum atomic E-state index is 14.4. The Labute approximate surface area is 258 Å². The summed E-state index contributed by atoms with van der Waals surface area (Å²) in [5.74, 6) is 0.329. The third-order valence-electron chi connectivity index (χ3n) is 8.77. The number of hydrogen-bond donors (Lipinski definition) is 0. The van der Waals surface area contributed by atoms with Crippen molar-refractivity contribution in [3.8, 4) is 16.9 Å². The molecule has 0 bridgehead atoms. The smallest absolute Gasteiger partial charge is 0.270 e. The highest BCUT2D eigenvalue weighted by Crippen LogP contribution is 2.40. The van der Waals surface area contributed by atoms with Gasteiger partial charge >= 0.3 is 0 Å². The number of halogens is 1. The third-order valence-corrected chi connectivity index (χ3v) is 9.06. The topological polar surface area (TPSA) is 58.0 Å². The lowest BCUT2D eigenvalue weighted by Gasteiger charge is -2.37. The molecule has 1 fully saturated rings. The van der Waals surface area contributed by atoms with Crippen molar-refractivity contribution in [3.63, 3.8) is 0 Å². The van der Waals surface area contributed by atoms with Crippen molar-refractivity contribution in [2.24, 2.45) is 0 Å². The fourth-order valence-electron chi connectivity index (χ4n) is 6.42. The first kappa shape index (κ1) is 29.0. The highest BCUT2D eigenvalue weighted by atomic mass is 35.5. The Bertz CT molecular complexity index is 1670. The van der Waals surface area contributed by atoms with E-state index in [1.165, 1.54) is 0 Å². The maximum Gasteiger partial charge on any atom is 0.270 e. The van der Waals surface area contributed by atoms with Crippen molar-refractivity contribution in [2.75, 3.05) is 38.2 Å². The molecule has 0 unspecified atom stereocenters. The minimum absolute atomic E-state index is 0.0347. The molecule has 7 nitrogen and oxygen atoms in total. The lowest BCUT2D eigenvalue weighted by atomic mass is 9.96. The normalized spacial score (nSPS) is 15.2. The number of piperazine rings is 1. The van der Waals surface area contributed by atoms with Crippen molar-refractivity contribution in [1.82, 2.24) is 14.4 Å². The van der Waals surface area contributed by atoms with Crippen molar-refractivity contribution < 1.29 is 14.3 Å². The Balaban J connectivity index is 1.36. The Kier molecular flexibility index (Phi) is 8.03. The second-order valence-electron chi connectivity index (χ2n) is 11.5. The monoisotopic (exact) mass is 596 g/mol. The van der Waals surface area contributed by atoms with Crippen LogP contribution in [0.4, 0.5) is 5.69 Å². The quantitative estimate of drug-likeness (QED) is 0.264. The summed E-state index contributed by atoms with van der Waals surface area (Å²) in [6.07, 6.45) is 0. The van der Waals surface area contributed by atoms with E-state index in [2.05, 4.69) is 23.3 Å².